The molecule has 3 heterocycles. The first kappa shape index (κ1) is 15.7. The number of pyridine rings is 1. The summed E-state index contributed by atoms with van der Waals surface area (Å²) in [4.78, 5) is 17.4. The van der Waals surface area contributed by atoms with Gasteiger partial charge in [-0.15, -0.1) is 10.2 Å². The van der Waals surface area contributed by atoms with Crippen LogP contribution in [0.3, 0.4) is 0 Å². The van der Waals surface area contributed by atoms with E-state index < -0.39 is 5.41 Å². The molecule has 1 aliphatic heterocycles. The van der Waals surface area contributed by atoms with Crippen molar-refractivity contribution in [2.45, 2.75) is 19.8 Å². The molecule has 6 nitrogen and oxygen atoms in total. The van der Waals surface area contributed by atoms with Gasteiger partial charge in [0.25, 0.3) is 0 Å². The van der Waals surface area contributed by atoms with E-state index in [0.29, 0.717) is 11.0 Å². The number of nitrogens with one attached hydrogen (secondary N) is 1. The summed E-state index contributed by atoms with van der Waals surface area (Å²) >= 11 is 1.29. The van der Waals surface area contributed by atoms with Crippen LogP contribution in [0.25, 0.3) is 0 Å². The number of fused-ring (bicyclic) bond motifs is 2. The Kier molecular flexibility index (Phi) is 3.73. The van der Waals surface area contributed by atoms with Crippen molar-refractivity contribution in [1.29, 1.82) is 0 Å². The highest BCUT2D eigenvalue weighted by atomic mass is 32.1. The summed E-state index contributed by atoms with van der Waals surface area (Å²) in [6.07, 6.45) is 1.69. The number of nitrogens with zero attached hydrogens (tertiary/aromatic N) is 3. The third-order valence-electron chi connectivity index (χ3n) is 4.44. The minimum atomic E-state index is -0.747. The molecule has 0 saturated heterocycles. The number of anilines is 1. The van der Waals surface area contributed by atoms with E-state index in [4.69, 9.17) is 4.74 Å². The summed E-state index contributed by atoms with van der Waals surface area (Å²) in [6.45, 7) is 3.85. The molecule has 7 heteroatoms. The quantitative estimate of drug-likeness (QED) is 0.767. The molecule has 1 unspecified atom stereocenters. The first-order valence-electron chi connectivity index (χ1n) is 7.86. The molecule has 3 aromatic rings. The fourth-order valence-electron chi connectivity index (χ4n) is 3.19. The second-order valence-electron chi connectivity index (χ2n) is 6.39. The Bertz CT molecular complexity index is 885. The van der Waals surface area contributed by atoms with Gasteiger partial charge < -0.3 is 10.1 Å². The number of hydrogen-bond donors (Lipinski definition) is 1. The molecule has 0 radical (unpaired) electrons. The largest absolute Gasteiger partial charge is 0.438 e. The van der Waals surface area contributed by atoms with Gasteiger partial charge in [0.05, 0.1) is 5.41 Å². The summed E-state index contributed by atoms with van der Waals surface area (Å²) in [5.41, 5.74) is 2.72. The summed E-state index contributed by atoms with van der Waals surface area (Å²) < 4.78 is 5.93. The van der Waals surface area contributed by atoms with Crippen molar-refractivity contribution >= 4 is 22.4 Å². The molecule has 1 aromatic carbocycles. The van der Waals surface area contributed by atoms with Crippen molar-refractivity contribution in [3.8, 4) is 11.6 Å². The summed E-state index contributed by atoms with van der Waals surface area (Å²) in [5, 5.41) is 11.0. The number of para-hydroxylation sites is 1. The van der Waals surface area contributed by atoms with Crippen LogP contribution in [-0.4, -0.2) is 21.1 Å². The second-order valence-corrected chi connectivity index (χ2v) is 7.22. The van der Waals surface area contributed by atoms with Crippen molar-refractivity contribution in [1.82, 2.24) is 15.2 Å². The molecule has 1 N–H and O–H groups in total. The van der Waals surface area contributed by atoms with Crippen molar-refractivity contribution in [3.05, 3.63) is 59.2 Å². The first-order valence-corrected chi connectivity index (χ1v) is 8.74. The number of ether oxygens (including phenoxy) is 1. The van der Waals surface area contributed by atoms with Crippen LogP contribution >= 0.6 is 11.3 Å². The minimum Gasteiger partial charge on any atom is -0.438 e. The number of carbonyl (C=O) groups excluding carboxylic acids is 1. The molecule has 25 heavy (non-hydrogen) atoms. The zero-order valence-electron chi connectivity index (χ0n) is 13.8. The van der Waals surface area contributed by atoms with Gasteiger partial charge in [0, 0.05) is 24.7 Å². The molecule has 0 aliphatic carbocycles. The van der Waals surface area contributed by atoms with Crippen LogP contribution in [0.4, 0.5) is 5.13 Å². The van der Waals surface area contributed by atoms with Gasteiger partial charge in [0.2, 0.25) is 16.9 Å². The standard InChI is InChI=1S/C18H16N4O2S.H2/c1-18(2,16(23)21-17-22-20-10-25-17)14-11-6-3-4-8-13(11)24-15-12(14)7-5-9-19-15;/h3-10,14H,1-2H3,(H,21,22,23);1H. The number of benzene rings is 1. The van der Waals surface area contributed by atoms with Gasteiger partial charge in [-0.2, -0.15) is 0 Å². The maximum atomic E-state index is 13.0. The number of aromatic nitrogens is 3. The Morgan fingerprint density at radius 2 is 2.04 bits per heavy atom. The van der Waals surface area contributed by atoms with E-state index in [1.165, 1.54) is 11.3 Å². The predicted molar refractivity (Wildman–Crippen MR) is 97.0 cm³/mol. The maximum Gasteiger partial charge on any atom is 0.232 e. The van der Waals surface area contributed by atoms with Crippen LogP contribution < -0.4 is 10.1 Å². The minimum absolute atomic E-state index is 0. The van der Waals surface area contributed by atoms with Crippen LogP contribution in [-0.2, 0) is 4.79 Å². The number of carbonyl (C=O) groups is 1. The SMILES string of the molecule is CC(C)(C(=O)Nc1nncs1)C1c2ccccc2Oc2ncccc21.[HH]. The lowest BCUT2D eigenvalue weighted by atomic mass is 9.70. The lowest BCUT2D eigenvalue weighted by Gasteiger charge is -2.37. The second kappa shape index (κ2) is 5.93. The summed E-state index contributed by atoms with van der Waals surface area (Å²) in [5.74, 6) is 0.966. The van der Waals surface area contributed by atoms with E-state index in [1.807, 2.05) is 50.2 Å². The zero-order chi connectivity index (χ0) is 17.4. The summed E-state index contributed by atoms with van der Waals surface area (Å²) in [7, 11) is 0. The van der Waals surface area contributed by atoms with E-state index in [-0.39, 0.29) is 13.3 Å². The van der Waals surface area contributed by atoms with Crippen LogP contribution in [0.1, 0.15) is 32.3 Å². The molecule has 0 fully saturated rings. The van der Waals surface area contributed by atoms with Crippen LogP contribution in [0.15, 0.2) is 48.1 Å². The molecule has 0 saturated carbocycles. The molecule has 1 atom stereocenters. The Hall–Kier alpha value is -2.80. The van der Waals surface area contributed by atoms with Crippen molar-refractivity contribution in [3.63, 3.8) is 0 Å². The Balaban J connectivity index is 0.00000196. The predicted octanol–water partition coefficient (Wildman–Crippen LogP) is 4.08. The molecule has 2 aromatic heterocycles. The Labute approximate surface area is 150 Å². The van der Waals surface area contributed by atoms with E-state index in [1.54, 1.807) is 11.7 Å². The van der Waals surface area contributed by atoms with Gasteiger partial charge in [-0.3, -0.25) is 4.79 Å². The average Bonchev–Trinajstić information content (AvgIpc) is 3.12. The van der Waals surface area contributed by atoms with Gasteiger partial charge in [-0.25, -0.2) is 4.98 Å². The Morgan fingerprint density at radius 3 is 2.84 bits per heavy atom. The fraction of sp³-hybridized carbons (Fsp3) is 0.222. The van der Waals surface area contributed by atoms with Crippen LogP contribution in [0.5, 0.6) is 11.6 Å². The molecule has 1 amide bonds. The van der Waals surface area contributed by atoms with E-state index in [2.05, 4.69) is 20.5 Å². The third-order valence-corrected chi connectivity index (χ3v) is 5.04. The number of amides is 1. The fourth-order valence-corrected chi connectivity index (χ4v) is 3.63. The van der Waals surface area contributed by atoms with E-state index >= 15 is 0 Å². The average molecular weight is 354 g/mol. The smallest absolute Gasteiger partial charge is 0.232 e. The van der Waals surface area contributed by atoms with Crippen molar-refractivity contribution in [2.24, 2.45) is 5.41 Å². The molecule has 4 rings (SSSR count). The molecular formula is C18H18N4O2S. The van der Waals surface area contributed by atoms with Crippen LogP contribution in [0.2, 0.25) is 0 Å². The van der Waals surface area contributed by atoms with Gasteiger partial charge in [0.1, 0.15) is 11.3 Å². The van der Waals surface area contributed by atoms with Gasteiger partial charge in [-0.1, -0.05) is 49.4 Å². The molecule has 128 valence electrons. The van der Waals surface area contributed by atoms with Gasteiger partial charge in [0.15, 0.2) is 0 Å². The molecule has 1 aliphatic rings. The first-order chi connectivity index (χ1) is 12.1. The highest BCUT2D eigenvalue weighted by molar-refractivity contribution is 7.13. The van der Waals surface area contributed by atoms with Crippen LogP contribution in [0, 0.1) is 5.41 Å². The van der Waals surface area contributed by atoms with Crippen molar-refractivity contribution in [2.75, 3.05) is 5.32 Å². The van der Waals surface area contributed by atoms with E-state index in [9.17, 15) is 4.79 Å². The number of hydrogen-bond acceptors (Lipinski definition) is 6. The third kappa shape index (κ3) is 2.66. The normalized spacial score (nSPS) is 15.7. The molecular weight excluding hydrogens is 336 g/mol. The van der Waals surface area contributed by atoms with Gasteiger partial charge >= 0.3 is 0 Å². The lowest BCUT2D eigenvalue weighted by molar-refractivity contribution is -0.124. The monoisotopic (exact) mass is 354 g/mol. The Morgan fingerprint density at radius 1 is 1.24 bits per heavy atom. The lowest BCUT2D eigenvalue weighted by Crippen LogP contribution is -2.38. The topological polar surface area (TPSA) is 77.0 Å². The number of rotatable bonds is 3. The highest BCUT2D eigenvalue weighted by Gasteiger charge is 2.44. The molecule has 0 spiro atoms. The van der Waals surface area contributed by atoms with E-state index in [0.717, 1.165) is 16.9 Å². The highest BCUT2D eigenvalue weighted by Crippen LogP contribution is 2.51. The van der Waals surface area contributed by atoms with Gasteiger partial charge in [-0.05, 0) is 12.1 Å². The maximum absolute atomic E-state index is 13.0. The summed E-state index contributed by atoms with van der Waals surface area (Å²) in [6, 6.07) is 11.6. The molecule has 0 bridgehead atoms. The van der Waals surface area contributed by atoms with Crippen molar-refractivity contribution < 1.29 is 11.0 Å². The zero-order valence-corrected chi connectivity index (χ0v) is 14.6.